The van der Waals surface area contributed by atoms with Crippen molar-refractivity contribution in [3.05, 3.63) is 41.2 Å². The van der Waals surface area contributed by atoms with E-state index in [4.69, 9.17) is 9.47 Å². The van der Waals surface area contributed by atoms with Crippen molar-refractivity contribution in [2.24, 2.45) is 5.92 Å². The lowest BCUT2D eigenvalue weighted by atomic mass is 9.77. The number of ether oxygens (including phenoxy) is 2. The largest absolute Gasteiger partial charge is 0.497 e. The van der Waals surface area contributed by atoms with Gasteiger partial charge in [0.15, 0.2) is 11.5 Å². The number of hydrogen-bond donors (Lipinski definition) is 0. The van der Waals surface area contributed by atoms with Gasteiger partial charge in [-0.15, -0.1) is 0 Å². The van der Waals surface area contributed by atoms with Crippen LogP contribution in [-0.4, -0.2) is 61.9 Å². The average Bonchev–Trinajstić information content (AvgIpc) is 2.99. The summed E-state index contributed by atoms with van der Waals surface area (Å²) in [4.78, 5) is 30.5. The van der Waals surface area contributed by atoms with E-state index >= 15 is 0 Å². The molecule has 1 saturated carbocycles. The third kappa shape index (κ3) is 3.20. The number of fused-ring (bicyclic) bond motifs is 1. The van der Waals surface area contributed by atoms with E-state index < -0.39 is 6.04 Å². The minimum absolute atomic E-state index is 0.0967. The predicted molar refractivity (Wildman–Crippen MR) is 105 cm³/mol. The van der Waals surface area contributed by atoms with E-state index in [9.17, 15) is 9.59 Å². The molecule has 1 fully saturated rings. The third-order valence-corrected chi connectivity index (χ3v) is 6.06. The average molecular weight is 384 g/mol. The molecule has 0 radical (unpaired) electrons. The maximum absolute atomic E-state index is 13.5. The molecule has 6 heteroatoms. The van der Waals surface area contributed by atoms with Crippen molar-refractivity contribution in [2.75, 3.05) is 34.3 Å². The van der Waals surface area contributed by atoms with Crippen LogP contribution in [0.1, 0.15) is 37.3 Å². The van der Waals surface area contributed by atoms with Crippen LogP contribution in [0.25, 0.3) is 0 Å². The van der Waals surface area contributed by atoms with Crippen LogP contribution in [-0.2, 0) is 14.3 Å². The van der Waals surface area contributed by atoms with Crippen LogP contribution >= 0.6 is 0 Å². The highest BCUT2D eigenvalue weighted by Crippen LogP contribution is 2.46. The first-order valence-corrected chi connectivity index (χ1v) is 10.1. The van der Waals surface area contributed by atoms with Crippen LogP contribution in [0.5, 0.6) is 5.75 Å². The molecule has 1 amide bonds. The molecule has 1 aromatic carbocycles. The molecule has 3 unspecified atom stereocenters. The van der Waals surface area contributed by atoms with Crippen LogP contribution < -0.4 is 4.74 Å². The number of Topliss-reactive ketones (excluding diaryl/α,β-unsaturated/α-hetero) is 1. The molecule has 1 aromatic rings. The minimum Gasteiger partial charge on any atom is -0.497 e. The molecule has 3 atom stereocenters. The fraction of sp³-hybridized carbons (Fsp3) is 0.545. The molecule has 2 aliphatic heterocycles. The van der Waals surface area contributed by atoms with Crippen molar-refractivity contribution in [1.82, 2.24) is 9.80 Å². The van der Waals surface area contributed by atoms with Crippen LogP contribution in [0.15, 0.2) is 35.6 Å². The first-order valence-electron chi connectivity index (χ1n) is 10.1. The zero-order valence-corrected chi connectivity index (χ0v) is 16.8. The molecule has 150 valence electrons. The molecular formula is C22H28N2O4. The molecule has 3 aliphatic rings. The number of nitrogens with zero attached hydrogens (tertiary/aromatic N) is 2. The Kier molecular flexibility index (Phi) is 5.15. The fourth-order valence-corrected chi connectivity index (χ4v) is 4.59. The Bertz CT molecular complexity index is 817. The van der Waals surface area contributed by atoms with E-state index in [2.05, 4.69) is 0 Å². The number of benzene rings is 1. The van der Waals surface area contributed by atoms with Gasteiger partial charge in [0.2, 0.25) is 0 Å². The monoisotopic (exact) mass is 384 g/mol. The Labute approximate surface area is 166 Å². The minimum atomic E-state index is -0.409. The van der Waals surface area contributed by atoms with Crippen molar-refractivity contribution in [1.29, 1.82) is 0 Å². The van der Waals surface area contributed by atoms with Crippen molar-refractivity contribution in [3.8, 4) is 5.75 Å². The molecule has 1 aliphatic carbocycles. The molecule has 2 heterocycles. The number of rotatable bonds is 5. The van der Waals surface area contributed by atoms with E-state index in [0.29, 0.717) is 24.4 Å². The molecule has 0 spiro atoms. The number of ketones is 1. The van der Waals surface area contributed by atoms with E-state index in [1.165, 1.54) is 0 Å². The molecule has 0 saturated heterocycles. The summed E-state index contributed by atoms with van der Waals surface area (Å²) >= 11 is 0. The summed E-state index contributed by atoms with van der Waals surface area (Å²) in [6.07, 6.45) is 3.64. The first kappa shape index (κ1) is 19.0. The van der Waals surface area contributed by atoms with E-state index in [1.54, 1.807) is 12.0 Å². The van der Waals surface area contributed by atoms with Crippen molar-refractivity contribution in [2.45, 2.75) is 37.8 Å². The Balaban J connectivity index is 1.76. The van der Waals surface area contributed by atoms with Crippen molar-refractivity contribution >= 4 is 11.7 Å². The molecule has 28 heavy (non-hydrogen) atoms. The van der Waals surface area contributed by atoms with E-state index in [1.807, 2.05) is 43.3 Å². The maximum atomic E-state index is 13.5. The topological polar surface area (TPSA) is 59.1 Å². The molecule has 0 aromatic heterocycles. The molecule has 6 nitrogen and oxygen atoms in total. The van der Waals surface area contributed by atoms with E-state index in [0.717, 1.165) is 31.2 Å². The lowest BCUT2D eigenvalue weighted by Crippen LogP contribution is -2.39. The number of likely N-dealkylation sites (N-methyl/N-ethyl adjacent to an activating group) is 1. The van der Waals surface area contributed by atoms with Gasteiger partial charge < -0.3 is 19.3 Å². The Morgan fingerprint density at radius 2 is 2.00 bits per heavy atom. The lowest BCUT2D eigenvalue weighted by molar-refractivity contribution is -0.135. The standard InChI is InChI=1S/C22H28N2O4/c1-23(2)11-12-24-19(14-7-6-8-15(13-14)27-3)18-20(25)16-9-4-5-10-17(16)28-21(18)22(24)26/h6-8,13,16-17,19H,4-5,9-12H2,1-3H3. The SMILES string of the molecule is COc1cccc(C2C3=C(OC4CCCCC4C3=O)C(=O)N2CCN(C)C)c1. The summed E-state index contributed by atoms with van der Waals surface area (Å²) in [5.41, 5.74) is 1.43. The number of carbonyl (C=O) groups excluding carboxylic acids is 2. The number of hydrogen-bond acceptors (Lipinski definition) is 5. The fourth-order valence-electron chi connectivity index (χ4n) is 4.59. The van der Waals surface area contributed by atoms with Gasteiger partial charge in [-0.2, -0.15) is 0 Å². The molecular weight excluding hydrogens is 356 g/mol. The second kappa shape index (κ2) is 7.59. The van der Waals surface area contributed by atoms with Crippen molar-refractivity contribution < 1.29 is 19.1 Å². The summed E-state index contributed by atoms with van der Waals surface area (Å²) in [5.74, 6) is 0.801. The predicted octanol–water partition coefficient (Wildman–Crippen LogP) is 2.55. The molecule has 0 N–H and O–H groups in total. The Morgan fingerprint density at radius 1 is 1.21 bits per heavy atom. The highest BCUT2D eigenvalue weighted by molar-refractivity contribution is 6.11. The van der Waals surface area contributed by atoms with Gasteiger partial charge in [0.05, 0.1) is 24.6 Å². The summed E-state index contributed by atoms with van der Waals surface area (Å²) in [7, 11) is 5.57. The van der Waals surface area contributed by atoms with Gasteiger partial charge in [0, 0.05) is 13.1 Å². The van der Waals surface area contributed by atoms with Gasteiger partial charge in [0.1, 0.15) is 11.9 Å². The van der Waals surface area contributed by atoms with Crippen LogP contribution in [0, 0.1) is 5.92 Å². The third-order valence-electron chi connectivity index (χ3n) is 6.06. The van der Waals surface area contributed by atoms with Gasteiger partial charge in [-0.3, -0.25) is 9.59 Å². The number of carbonyl (C=O) groups is 2. The molecule has 4 rings (SSSR count). The number of methoxy groups -OCH3 is 1. The summed E-state index contributed by atoms with van der Waals surface area (Å²) in [6, 6.07) is 7.23. The zero-order valence-electron chi connectivity index (χ0n) is 16.8. The quantitative estimate of drug-likeness (QED) is 0.781. The van der Waals surface area contributed by atoms with Crippen LogP contribution in [0.4, 0.5) is 0 Å². The van der Waals surface area contributed by atoms with Crippen LogP contribution in [0.2, 0.25) is 0 Å². The smallest absolute Gasteiger partial charge is 0.290 e. The zero-order chi connectivity index (χ0) is 19.8. The summed E-state index contributed by atoms with van der Waals surface area (Å²) < 4.78 is 11.5. The summed E-state index contributed by atoms with van der Waals surface area (Å²) in [5, 5.41) is 0. The summed E-state index contributed by atoms with van der Waals surface area (Å²) in [6.45, 7) is 1.25. The highest BCUT2D eigenvalue weighted by atomic mass is 16.5. The second-order valence-corrected chi connectivity index (χ2v) is 8.14. The molecule has 0 bridgehead atoms. The number of amides is 1. The van der Waals surface area contributed by atoms with Gasteiger partial charge in [0.25, 0.3) is 5.91 Å². The Morgan fingerprint density at radius 3 is 2.75 bits per heavy atom. The van der Waals surface area contributed by atoms with E-state index in [-0.39, 0.29) is 29.5 Å². The van der Waals surface area contributed by atoms with Gasteiger partial charge in [-0.25, -0.2) is 0 Å². The van der Waals surface area contributed by atoms with Crippen LogP contribution in [0.3, 0.4) is 0 Å². The van der Waals surface area contributed by atoms with Gasteiger partial charge in [-0.05, 0) is 51.1 Å². The second-order valence-electron chi connectivity index (χ2n) is 8.14. The highest BCUT2D eigenvalue weighted by Gasteiger charge is 2.51. The Hall–Kier alpha value is -2.34. The van der Waals surface area contributed by atoms with Gasteiger partial charge >= 0.3 is 0 Å². The normalized spacial score (nSPS) is 27.0. The maximum Gasteiger partial charge on any atom is 0.290 e. The van der Waals surface area contributed by atoms with Crippen molar-refractivity contribution in [3.63, 3.8) is 0 Å². The van der Waals surface area contributed by atoms with Gasteiger partial charge in [-0.1, -0.05) is 18.6 Å². The first-order chi connectivity index (χ1) is 13.5. The lowest BCUT2D eigenvalue weighted by Gasteiger charge is -2.35.